The standard InChI is InChI=1S/C25H33N5O9/c1-3-12(2)21(30-23(36)17(10-20(33)34)28-22(35)15(26)9-19(31)32)24(37)29-18(25(38)39)8-13-11-27-16-7-5-4-6-14(13)16/h4-7,11-12,15,17-18,21,27H,3,8-10,26H2,1-2H3,(H,28,35)(H,29,37)(H,30,36)(H,31,32)(H,33,34)(H,38,39). The van der Waals surface area contributed by atoms with Crippen LogP contribution in [0.25, 0.3) is 10.9 Å². The molecule has 2 rings (SSSR count). The van der Waals surface area contributed by atoms with Crippen molar-refractivity contribution in [3.8, 4) is 0 Å². The molecule has 1 heterocycles. The van der Waals surface area contributed by atoms with Gasteiger partial charge in [0.1, 0.15) is 18.1 Å². The SMILES string of the molecule is CCC(C)C(NC(=O)C(CC(=O)O)NC(=O)C(N)CC(=O)O)C(=O)NC(Cc1c[nH]c2ccccc12)C(=O)O. The van der Waals surface area contributed by atoms with Gasteiger partial charge in [0, 0.05) is 23.5 Å². The average molecular weight is 548 g/mol. The molecule has 5 atom stereocenters. The van der Waals surface area contributed by atoms with Gasteiger partial charge in [-0.3, -0.25) is 24.0 Å². The minimum atomic E-state index is -1.67. The lowest BCUT2D eigenvalue weighted by atomic mass is 9.96. The number of aliphatic carboxylic acids is 3. The summed E-state index contributed by atoms with van der Waals surface area (Å²) in [5.74, 6) is -7.53. The van der Waals surface area contributed by atoms with Crippen molar-refractivity contribution in [2.75, 3.05) is 0 Å². The van der Waals surface area contributed by atoms with E-state index in [-0.39, 0.29) is 6.42 Å². The minimum absolute atomic E-state index is 0.0502. The number of aromatic amines is 1. The fourth-order valence-corrected chi connectivity index (χ4v) is 3.88. The highest BCUT2D eigenvalue weighted by molar-refractivity contribution is 5.96. The summed E-state index contributed by atoms with van der Waals surface area (Å²) >= 11 is 0. The smallest absolute Gasteiger partial charge is 0.326 e. The van der Waals surface area contributed by atoms with Crippen LogP contribution in [0.5, 0.6) is 0 Å². The van der Waals surface area contributed by atoms with E-state index in [9.17, 15) is 39.0 Å². The van der Waals surface area contributed by atoms with Gasteiger partial charge in [-0.25, -0.2) is 4.79 Å². The summed E-state index contributed by atoms with van der Waals surface area (Å²) in [5, 5.41) is 35.5. The lowest BCUT2D eigenvalue weighted by molar-refractivity contribution is -0.143. The molecule has 0 aliphatic carbocycles. The van der Waals surface area contributed by atoms with Gasteiger partial charge in [0.25, 0.3) is 0 Å². The van der Waals surface area contributed by atoms with Gasteiger partial charge in [-0.1, -0.05) is 38.5 Å². The maximum Gasteiger partial charge on any atom is 0.326 e. The number of carboxylic acid groups (broad SMARTS) is 3. The Bertz CT molecular complexity index is 1230. The second-order valence-corrected chi connectivity index (χ2v) is 9.20. The first-order chi connectivity index (χ1) is 18.3. The molecule has 0 spiro atoms. The average Bonchev–Trinajstić information content (AvgIpc) is 3.27. The van der Waals surface area contributed by atoms with Crippen LogP contribution in [0.15, 0.2) is 30.5 Å². The van der Waals surface area contributed by atoms with E-state index < -0.39 is 78.6 Å². The minimum Gasteiger partial charge on any atom is -0.481 e. The number of amides is 3. The Morgan fingerprint density at radius 3 is 2.08 bits per heavy atom. The largest absolute Gasteiger partial charge is 0.481 e. The van der Waals surface area contributed by atoms with E-state index in [1.54, 1.807) is 26.1 Å². The highest BCUT2D eigenvalue weighted by Crippen LogP contribution is 2.19. The summed E-state index contributed by atoms with van der Waals surface area (Å²) in [6.45, 7) is 3.37. The van der Waals surface area contributed by atoms with Crippen molar-refractivity contribution in [2.24, 2.45) is 11.7 Å². The molecule has 9 N–H and O–H groups in total. The van der Waals surface area contributed by atoms with Crippen molar-refractivity contribution in [2.45, 2.75) is 63.7 Å². The van der Waals surface area contributed by atoms with Crippen LogP contribution in [0.1, 0.15) is 38.7 Å². The van der Waals surface area contributed by atoms with E-state index >= 15 is 0 Å². The molecule has 212 valence electrons. The number of nitrogens with two attached hydrogens (primary N) is 1. The fraction of sp³-hybridized carbons (Fsp3) is 0.440. The van der Waals surface area contributed by atoms with Gasteiger partial charge in [-0.15, -0.1) is 0 Å². The quantitative estimate of drug-likeness (QED) is 0.143. The Morgan fingerprint density at radius 2 is 1.49 bits per heavy atom. The number of para-hydroxylation sites is 1. The molecule has 3 amide bonds. The van der Waals surface area contributed by atoms with Crippen molar-refractivity contribution in [1.82, 2.24) is 20.9 Å². The summed E-state index contributed by atoms with van der Waals surface area (Å²) in [7, 11) is 0. The highest BCUT2D eigenvalue weighted by Gasteiger charge is 2.34. The van der Waals surface area contributed by atoms with Crippen molar-refractivity contribution >= 4 is 46.5 Å². The number of carbonyl (C=O) groups is 6. The predicted octanol–water partition coefficient (Wildman–Crippen LogP) is -0.428. The van der Waals surface area contributed by atoms with Crippen LogP contribution in [0.2, 0.25) is 0 Å². The second-order valence-electron chi connectivity index (χ2n) is 9.20. The van der Waals surface area contributed by atoms with E-state index in [1.807, 2.05) is 18.2 Å². The number of rotatable bonds is 15. The summed E-state index contributed by atoms with van der Waals surface area (Å²) in [6, 6.07) is 1.42. The van der Waals surface area contributed by atoms with Crippen LogP contribution < -0.4 is 21.7 Å². The fourth-order valence-electron chi connectivity index (χ4n) is 3.88. The molecule has 0 aliphatic heterocycles. The number of H-pyrrole nitrogens is 1. The normalized spacial score (nSPS) is 14.8. The maximum absolute atomic E-state index is 13.2. The van der Waals surface area contributed by atoms with Gasteiger partial charge in [0.05, 0.1) is 18.9 Å². The highest BCUT2D eigenvalue weighted by atomic mass is 16.4. The number of fused-ring (bicyclic) bond motifs is 1. The number of hydrogen-bond acceptors (Lipinski definition) is 7. The third kappa shape index (κ3) is 8.81. The molecule has 2 aromatic rings. The zero-order chi connectivity index (χ0) is 29.3. The van der Waals surface area contributed by atoms with Gasteiger partial charge in [-0.05, 0) is 17.5 Å². The predicted molar refractivity (Wildman–Crippen MR) is 137 cm³/mol. The summed E-state index contributed by atoms with van der Waals surface area (Å²) < 4.78 is 0. The Hall–Kier alpha value is -4.46. The first kappa shape index (κ1) is 30.8. The van der Waals surface area contributed by atoms with E-state index in [2.05, 4.69) is 20.9 Å². The number of aromatic nitrogens is 1. The molecule has 0 saturated heterocycles. The zero-order valence-electron chi connectivity index (χ0n) is 21.5. The molecule has 39 heavy (non-hydrogen) atoms. The number of benzene rings is 1. The van der Waals surface area contributed by atoms with Crippen molar-refractivity contribution in [1.29, 1.82) is 0 Å². The van der Waals surface area contributed by atoms with E-state index in [1.165, 1.54) is 0 Å². The number of carbonyl (C=O) groups excluding carboxylic acids is 3. The molecule has 14 nitrogen and oxygen atoms in total. The number of nitrogens with one attached hydrogen (secondary N) is 4. The third-order valence-electron chi connectivity index (χ3n) is 6.25. The summed E-state index contributed by atoms with van der Waals surface area (Å²) in [5.41, 5.74) is 6.95. The molecule has 14 heteroatoms. The van der Waals surface area contributed by atoms with Crippen LogP contribution in [0.4, 0.5) is 0 Å². The van der Waals surface area contributed by atoms with E-state index in [4.69, 9.17) is 10.8 Å². The number of carboxylic acids is 3. The van der Waals surface area contributed by atoms with Gasteiger partial charge in [0.15, 0.2) is 0 Å². The zero-order valence-corrected chi connectivity index (χ0v) is 21.5. The molecule has 0 radical (unpaired) electrons. The molecular formula is C25H33N5O9. The van der Waals surface area contributed by atoms with E-state index in [0.717, 1.165) is 10.9 Å². The lowest BCUT2D eigenvalue weighted by Gasteiger charge is -2.27. The Morgan fingerprint density at radius 1 is 0.872 bits per heavy atom. The topological polar surface area (TPSA) is 241 Å². The van der Waals surface area contributed by atoms with Crippen molar-refractivity contribution in [3.63, 3.8) is 0 Å². The first-order valence-corrected chi connectivity index (χ1v) is 12.2. The second kappa shape index (κ2) is 13.9. The van der Waals surface area contributed by atoms with E-state index in [0.29, 0.717) is 12.0 Å². The number of hydrogen-bond donors (Lipinski definition) is 8. The van der Waals surface area contributed by atoms with Crippen molar-refractivity contribution < 1.29 is 44.1 Å². The van der Waals surface area contributed by atoms with Gasteiger partial charge in [0.2, 0.25) is 17.7 Å². The monoisotopic (exact) mass is 547 g/mol. The first-order valence-electron chi connectivity index (χ1n) is 12.2. The molecule has 0 bridgehead atoms. The maximum atomic E-state index is 13.2. The van der Waals surface area contributed by atoms with Crippen molar-refractivity contribution in [3.05, 3.63) is 36.0 Å². The van der Waals surface area contributed by atoms with Crippen LogP contribution in [0, 0.1) is 5.92 Å². The molecule has 5 unspecified atom stereocenters. The van der Waals surface area contributed by atoms with Crippen LogP contribution >= 0.6 is 0 Å². The van der Waals surface area contributed by atoms with Crippen LogP contribution in [-0.4, -0.2) is 80.1 Å². The Balaban J connectivity index is 2.20. The Labute approximate surface area is 223 Å². The lowest BCUT2D eigenvalue weighted by Crippen LogP contribution is -2.59. The molecule has 0 saturated carbocycles. The molecule has 0 aliphatic rings. The van der Waals surface area contributed by atoms with Gasteiger partial charge >= 0.3 is 17.9 Å². The third-order valence-corrected chi connectivity index (χ3v) is 6.25. The summed E-state index contributed by atoms with van der Waals surface area (Å²) in [6.07, 6.45) is 0.362. The summed E-state index contributed by atoms with van der Waals surface area (Å²) in [4.78, 5) is 75.6. The molecule has 1 aromatic heterocycles. The van der Waals surface area contributed by atoms with Gasteiger partial charge in [-0.2, -0.15) is 0 Å². The van der Waals surface area contributed by atoms with Crippen LogP contribution in [-0.2, 0) is 35.2 Å². The molecule has 0 fully saturated rings. The Kier molecular flexibility index (Phi) is 11.0. The molecular weight excluding hydrogens is 514 g/mol. The molecule has 1 aromatic carbocycles. The van der Waals surface area contributed by atoms with Crippen LogP contribution in [0.3, 0.4) is 0 Å². The van der Waals surface area contributed by atoms with Gasteiger partial charge < -0.3 is 42.0 Å².